The van der Waals surface area contributed by atoms with Crippen molar-refractivity contribution in [2.45, 2.75) is 11.4 Å². The fraction of sp³-hybridized carbons (Fsp3) is 0.222. The number of sulfonamides is 1. The van der Waals surface area contributed by atoms with E-state index in [-0.39, 0.29) is 17.0 Å². The molecule has 3 aromatic rings. The maximum Gasteiger partial charge on any atom is 0.261 e. The normalized spacial score (nSPS) is 13.7. The maximum atomic E-state index is 12.6. The number of benzene rings is 2. The number of fused-ring (bicyclic) bond motifs is 2. The van der Waals surface area contributed by atoms with Crippen LogP contribution in [0.25, 0.3) is 10.9 Å². The fourth-order valence-electron chi connectivity index (χ4n) is 2.86. The Bertz CT molecular complexity index is 1190. The summed E-state index contributed by atoms with van der Waals surface area (Å²) < 4.78 is 39.9. The van der Waals surface area contributed by atoms with Gasteiger partial charge in [0, 0.05) is 13.1 Å². The molecular formula is C18H17N3O5S. The molecule has 0 saturated heterocycles. The van der Waals surface area contributed by atoms with Crippen LogP contribution >= 0.6 is 0 Å². The summed E-state index contributed by atoms with van der Waals surface area (Å²) in [7, 11) is -2.25. The van der Waals surface area contributed by atoms with Crippen LogP contribution in [0.2, 0.25) is 0 Å². The molecule has 0 spiro atoms. The van der Waals surface area contributed by atoms with Crippen LogP contribution in [0.15, 0.2) is 52.2 Å². The molecule has 2 heterocycles. The predicted octanol–water partition coefficient (Wildman–Crippen LogP) is 1.18. The van der Waals surface area contributed by atoms with Crippen molar-refractivity contribution in [3.05, 3.63) is 58.6 Å². The van der Waals surface area contributed by atoms with Gasteiger partial charge in [0.2, 0.25) is 10.0 Å². The molecule has 0 amide bonds. The van der Waals surface area contributed by atoms with Gasteiger partial charge < -0.3 is 9.47 Å². The molecule has 0 fully saturated rings. The Labute approximate surface area is 155 Å². The van der Waals surface area contributed by atoms with Crippen molar-refractivity contribution in [1.82, 2.24) is 14.3 Å². The van der Waals surface area contributed by atoms with E-state index in [4.69, 9.17) is 9.47 Å². The molecule has 27 heavy (non-hydrogen) atoms. The highest BCUT2D eigenvalue weighted by molar-refractivity contribution is 7.89. The highest BCUT2D eigenvalue weighted by Crippen LogP contribution is 2.32. The molecule has 4 rings (SSSR count). The molecule has 0 bridgehead atoms. The monoisotopic (exact) mass is 387 g/mol. The maximum absolute atomic E-state index is 12.6. The van der Waals surface area contributed by atoms with Gasteiger partial charge in [0.1, 0.15) is 19.0 Å². The lowest BCUT2D eigenvalue weighted by molar-refractivity contribution is 0.171. The van der Waals surface area contributed by atoms with Gasteiger partial charge >= 0.3 is 0 Å². The van der Waals surface area contributed by atoms with Crippen LogP contribution in [0.5, 0.6) is 11.5 Å². The number of rotatable bonds is 4. The minimum absolute atomic E-state index is 0.0533. The van der Waals surface area contributed by atoms with Crippen LogP contribution in [-0.2, 0) is 23.6 Å². The van der Waals surface area contributed by atoms with Gasteiger partial charge in [-0.05, 0) is 24.3 Å². The second kappa shape index (κ2) is 6.67. The first-order chi connectivity index (χ1) is 13.0. The number of nitrogens with one attached hydrogen (secondary N) is 1. The number of hydrogen-bond acceptors (Lipinski definition) is 6. The van der Waals surface area contributed by atoms with Crippen molar-refractivity contribution in [3.63, 3.8) is 0 Å². The largest absolute Gasteiger partial charge is 0.486 e. The van der Waals surface area contributed by atoms with Gasteiger partial charge in [-0.3, -0.25) is 9.36 Å². The van der Waals surface area contributed by atoms with Crippen LogP contribution in [0.4, 0.5) is 0 Å². The van der Waals surface area contributed by atoms with Crippen LogP contribution < -0.4 is 19.8 Å². The molecule has 140 valence electrons. The fourth-order valence-corrected chi connectivity index (χ4v) is 3.85. The third kappa shape index (κ3) is 3.26. The van der Waals surface area contributed by atoms with Crippen molar-refractivity contribution in [3.8, 4) is 11.5 Å². The molecule has 1 aliphatic heterocycles. The van der Waals surface area contributed by atoms with Crippen molar-refractivity contribution in [2.75, 3.05) is 13.2 Å². The van der Waals surface area contributed by atoms with Crippen molar-refractivity contribution >= 4 is 20.9 Å². The van der Waals surface area contributed by atoms with E-state index >= 15 is 0 Å². The number of aromatic nitrogens is 2. The summed E-state index contributed by atoms with van der Waals surface area (Å²) >= 11 is 0. The van der Waals surface area contributed by atoms with Gasteiger partial charge in [-0.1, -0.05) is 12.1 Å². The summed E-state index contributed by atoms with van der Waals surface area (Å²) in [5, 5.41) is 0.485. The minimum Gasteiger partial charge on any atom is -0.486 e. The smallest absolute Gasteiger partial charge is 0.261 e. The molecule has 2 aromatic carbocycles. The zero-order valence-corrected chi connectivity index (χ0v) is 15.3. The molecular weight excluding hydrogens is 370 g/mol. The third-order valence-electron chi connectivity index (χ3n) is 4.32. The van der Waals surface area contributed by atoms with Crippen molar-refractivity contribution < 1.29 is 17.9 Å². The molecule has 0 saturated carbocycles. The molecule has 1 N–H and O–H groups in total. The van der Waals surface area contributed by atoms with Gasteiger partial charge in [0.25, 0.3) is 5.56 Å². The molecule has 0 radical (unpaired) electrons. The SMILES string of the molecule is Cn1c(CNS(=O)(=O)c2ccc3c(c2)OCCO3)nc2ccccc2c1=O. The van der Waals surface area contributed by atoms with E-state index in [2.05, 4.69) is 9.71 Å². The zero-order valence-electron chi connectivity index (χ0n) is 14.5. The van der Waals surface area contributed by atoms with E-state index in [0.29, 0.717) is 41.4 Å². The summed E-state index contributed by atoms with van der Waals surface area (Å²) in [6, 6.07) is 11.4. The molecule has 1 aliphatic rings. The van der Waals surface area contributed by atoms with Gasteiger partial charge in [-0.15, -0.1) is 0 Å². The van der Waals surface area contributed by atoms with Gasteiger partial charge in [-0.2, -0.15) is 0 Å². The van der Waals surface area contributed by atoms with Crippen LogP contribution in [0, 0.1) is 0 Å². The quantitative estimate of drug-likeness (QED) is 0.722. The first-order valence-corrected chi connectivity index (χ1v) is 9.78. The third-order valence-corrected chi connectivity index (χ3v) is 5.72. The van der Waals surface area contributed by atoms with E-state index in [9.17, 15) is 13.2 Å². The Morgan fingerprint density at radius 3 is 2.67 bits per heavy atom. The lowest BCUT2D eigenvalue weighted by Crippen LogP contribution is -2.29. The Kier molecular flexibility index (Phi) is 4.33. The Morgan fingerprint density at radius 1 is 1.11 bits per heavy atom. The number of hydrogen-bond donors (Lipinski definition) is 1. The topological polar surface area (TPSA) is 99.5 Å². The Hall–Kier alpha value is -2.91. The Balaban J connectivity index is 1.62. The van der Waals surface area contributed by atoms with Crippen molar-refractivity contribution in [1.29, 1.82) is 0 Å². The Morgan fingerprint density at radius 2 is 1.85 bits per heavy atom. The number of nitrogens with zero attached hydrogens (tertiary/aromatic N) is 2. The minimum atomic E-state index is -3.82. The summed E-state index contributed by atoms with van der Waals surface area (Å²) in [6.07, 6.45) is 0. The highest BCUT2D eigenvalue weighted by Gasteiger charge is 2.20. The average molecular weight is 387 g/mol. The molecule has 9 heteroatoms. The van der Waals surface area contributed by atoms with Crippen LogP contribution in [-0.4, -0.2) is 31.2 Å². The predicted molar refractivity (Wildman–Crippen MR) is 98.4 cm³/mol. The lowest BCUT2D eigenvalue weighted by atomic mass is 10.2. The first kappa shape index (κ1) is 17.5. The van der Waals surface area contributed by atoms with E-state index in [0.717, 1.165) is 0 Å². The molecule has 0 aliphatic carbocycles. The van der Waals surface area contributed by atoms with Gasteiger partial charge in [0.05, 0.1) is 22.3 Å². The van der Waals surface area contributed by atoms with E-state index < -0.39 is 10.0 Å². The second-order valence-electron chi connectivity index (χ2n) is 6.04. The van der Waals surface area contributed by atoms with Crippen LogP contribution in [0.3, 0.4) is 0 Å². The zero-order chi connectivity index (χ0) is 19.0. The highest BCUT2D eigenvalue weighted by atomic mass is 32.2. The lowest BCUT2D eigenvalue weighted by Gasteiger charge is -2.19. The summed E-state index contributed by atoms with van der Waals surface area (Å²) in [5.74, 6) is 1.22. The first-order valence-electron chi connectivity index (χ1n) is 8.30. The molecule has 0 unspecified atom stereocenters. The number of ether oxygens (including phenoxy) is 2. The average Bonchev–Trinajstić information content (AvgIpc) is 2.69. The van der Waals surface area contributed by atoms with E-state index in [1.807, 2.05) is 0 Å². The summed E-state index contributed by atoms with van der Waals surface area (Å²) in [5.41, 5.74) is 0.295. The molecule has 8 nitrogen and oxygen atoms in total. The summed E-state index contributed by atoms with van der Waals surface area (Å²) in [4.78, 5) is 16.9. The standard InChI is InChI=1S/C18H17N3O5S/c1-21-17(20-14-5-3-2-4-13(14)18(21)22)11-19-27(23,24)12-6-7-15-16(10-12)26-9-8-25-15/h2-7,10,19H,8-9,11H2,1H3. The van der Waals surface area contributed by atoms with Gasteiger partial charge in [0.15, 0.2) is 11.5 Å². The molecule has 1 aromatic heterocycles. The van der Waals surface area contributed by atoms with E-state index in [1.165, 1.54) is 16.7 Å². The van der Waals surface area contributed by atoms with Gasteiger partial charge in [-0.25, -0.2) is 18.1 Å². The van der Waals surface area contributed by atoms with Crippen LogP contribution in [0.1, 0.15) is 5.82 Å². The van der Waals surface area contributed by atoms with Crippen molar-refractivity contribution in [2.24, 2.45) is 7.05 Å². The summed E-state index contributed by atoms with van der Waals surface area (Å²) in [6.45, 7) is 0.680. The second-order valence-corrected chi connectivity index (χ2v) is 7.81. The van der Waals surface area contributed by atoms with E-state index in [1.54, 1.807) is 37.4 Å². The molecule has 0 atom stereocenters. The number of para-hydroxylation sites is 1.